The average Bonchev–Trinajstić information content (AvgIpc) is 3.65. The van der Waals surface area contributed by atoms with Gasteiger partial charge in [-0.15, -0.1) is 0 Å². The fourth-order valence-corrected chi connectivity index (χ4v) is 3.38. The molecule has 0 saturated heterocycles. The normalized spacial score (nSPS) is 15.3. The first-order valence-corrected chi connectivity index (χ1v) is 10.4. The molecule has 4 nitrogen and oxygen atoms in total. The molecule has 1 saturated carbocycles. The maximum Gasteiger partial charge on any atom is 0.228 e. The number of carbonyl (C=O) groups excluding carboxylic acids is 2. The highest BCUT2D eigenvalue weighted by atomic mass is 19.1. The highest BCUT2D eigenvalue weighted by molar-refractivity contribution is 5.99. The largest absolute Gasteiger partial charge is 0.400 e. The minimum absolute atomic E-state index is 0.0216. The molecular formula is C26H25F2NO3. The van der Waals surface area contributed by atoms with Crippen LogP contribution in [0, 0.1) is 5.92 Å². The van der Waals surface area contributed by atoms with Crippen molar-refractivity contribution in [3.8, 4) is 11.1 Å². The van der Waals surface area contributed by atoms with Crippen molar-refractivity contribution in [1.82, 2.24) is 0 Å². The van der Waals surface area contributed by atoms with Crippen LogP contribution < -0.4 is 5.32 Å². The Morgan fingerprint density at radius 3 is 2.12 bits per heavy atom. The van der Waals surface area contributed by atoms with Crippen molar-refractivity contribution in [2.75, 3.05) is 12.4 Å². The molecule has 1 amide bonds. The van der Waals surface area contributed by atoms with Crippen LogP contribution in [0.4, 0.5) is 14.5 Å². The second-order valence-corrected chi connectivity index (χ2v) is 7.62. The van der Waals surface area contributed by atoms with Gasteiger partial charge in [0.2, 0.25) is 5.91 Å². The number of rotatable bonds is 6. The van der Waals surface area contributed by atoms with Gasteiger partial charge in [0.25, 0.3) is 0 Å². The number of ketones is 1. The number of Topliss-reactive ketones (excluding diaryl/α,β-unsaturated/α-hetero) is 1. The monoisotopic (exact) mass is 437 g/mol. The number of allylic oxidation sites excluding steroid dienone is 5. The Morgan fingerprint density at radius 2 is 1.53 bits per heavy atom. The van der Waals surface area contributed by atoms with E-state index in [1.807, 2.05) is 36.4 Å². The van der Waals surface area contributed by atoms with Crippen LogP contribution in [0.2, 0.25) is 0 Å². The first-order valence-electron chi connectivity index (χ1n) is 10.4. The second kappa shape index (κ2) is 10.8. The number of hydrogen-bond donors (Lipinski definition) is 2. The molecule has 2 N–H and O–H groups in total. The zero-order valence-corrected chi connectivity index (χ0v) is 17.8. The van der Waals surface area contributed by atoms with Crippen LogP contribution in [-0.4, -0.2) is 23.9 Å². The molecule has 2 aromatic carbocycles. The molecule has 0 atom stereocenters. The molecule has 0 heterocycles. The Bertz CT molecular complexity index is 1060. The van der Waals surface area contributed by atoms with Gasteiger partial charge in [-0.3, -0.25) is 9.59 Å². The molecule has 4 rings (SSSR count). The van der Waals surface area contributed by atoms with E-state index in [1.165, 1.54) is 12.2 Å². The number of nitrogens with one attached hydrogen (secondary N) is 1. The van der Waals surface area contributed by atoms with E-state index in [1.54, 1.807) is 12.1 Å². The van der Waals surface area contributed by atoms with Gasteiger partial charge in [-0.1, -0.05) is 42.5 Å². The molecule has 0 radical (unpaired) electrons. The highest BCUT2D eigenvalue weighted by Gasteiger charge is 2.30. The van der Waals surface area contributed by atoms with Gasteiger partial charge >= 0.3 is 0 Å². The number of hydrogen-bond acceptors (Lipinski definition) is 3. The van der Waals surface area contributed by atoms with Crippen LogP contribution in [0.25, 0.3) is 11.1 Å². The molecule has 2 aromatic rings. The lowest BCUT2D eigenvalue weighted by molar-refractivity contribution is -0.115. The second-order valence-electron chi connectivity index (χ2n) is 7.62. The summed E-state index contributed by atoms with van der Waals surface area (Å²) in [5.41, 5.74) is 3.76. The number of carbonyl (C=O) groups is 2. The summed E-state index contributed by atoms with van der Waals surface area (Å²) in [6.07, 6.45) is 5.44. The van der Waals surface area contributed by atoms with Gasteiger partial charge in [-0.2, -0.15) is 0 Å². The number of halogens is 2. The van der Waals surface area contributed by atoms with Gasteiger partial charge in [0, 0.05) is 36.8 Å². The van der Waals surface area contributed by atoms with Crippen molar-refractivity contribution < 1.29 is 23.5 Å². The Morgan fingerprint density at radius 1 is 0.938 bits per heavy atom. The third-order valence-electron chi connectivity index (χ3n) is 5.16. The van der Waals surface area contributed by atoms with Crippen molar-refractivity contribution >= 4 is 17.4 Å². The molecule has 6 heteroatoms. The number of amides is 1. The summed E-state index contributed by atoms with van der Waals surface area (Å²) in [4.78, 5) is 24.4. The highest BCUT2D eigenvalue weighted by Crippen LogP contribution is 2.33. The van der Waals surface area contributed by atoms with Crippen LogP contribution in [0.3, 0.4) is 0 Å². The van der Waals surface area contributed by atoms with Gasteiger partial charge < -0.3 is 10.4 Å². The number of aliphatic hydroxyl groups is 1. The zero-order chi connectivity index (χ0) is 23.1. The smallest absolute Gasteiger partial charge is 0.228 e. The van der Waals surface area contributed by atoms with Crippen LogP contribution in [0.5, 0.6) is 0 Å². The topological polar surface area (TPSA) is 66.4 Å². The van der Waals surface area contributed by atoms with E-state index in [4.69, 9.17) is 5.11 Å². The summed E-state index contributed by atoms with van der Waals surface area (Å²) in [7, 11) is 1.00. The number of benzene rings is 2. The number of anilines is 1. The summed E-state index contributed by atoms with van der Waals surface area (Å²) >= 11 is 0. The van der Waals surface area contributed by atoms with Gasteiger partial charge in [-0.05, 0) is 47.8 Å². The lowest BCUT2D eigenvalue weighted by Crippen LogP contribution is -2.11. The molecule has 1 fully saturated rings. The SMILES string of the molecule is CO.O=C(CC1=CCC(F)=CC(F)=C1)Nc1ccc(-c2ccc(C(=O)C3CC3)cc2)cc1. The molecule has 0 aromatic heterocycles. The van der Waals surface area contributed by atoms with Crippen LogP contribution >= 0.6 is 0 Å². The molecule has 2 aliphatic carbocycles. The lowest BCUT2D eigenvalue weighted by atomic mass is 10.0. The van der Waals surface area contributed by atoms with Crippen molar-refractivity contribution in [2.24, 2.45) is 5.92 Å². The van der Waals surface area contributed by atoms with Gasteiger partial charge in [-0.25, -0.2) is 8.78 Å². The van der Waals surface area contributed by atoms with Crippen LogP contribution in [0.15, 0.2) is 84.0 Å². The maximum atomic E-state index is 13.5. The van der Waals surface area contributed by atoms with E-state index in [-0.39, 0.29) is 30.4 Å². The van der Waals surface area contributed by atoms with E-state index in [0.717, 1.165) is 42.7 Å². The first kappa shape index (κ1) is 23.3. The quantitative estimate of drug-likeness (QED) is 0.551. The Hall–Kier alpha value is -3.38. The van der Waals surface area contributed by atoms with E-state index in [0.29, 0.717) is 11.3 Å². The minimum Gasteiger partial charge on any atom is -0.400 e. The summed E-state index contributed by atoms with van der Waals surface area (Å²) in [5.74, 6) is -1.15. The summed E-state index contributed by atoms with van der Waals surface area (Å²) in [6, 6.07) is 14.9. The van der Waals surface area contributed by atoms with Crippen LogP contribution in [0.1, 0.15) is 36.0 Å². The third kappa shape index (κ3) is 6.31. The number of aliphatic hydroxyl groups excluding tert-OH is 1. The molecular weight excluding hydrogens is 412 g/mol. The zero-order valence-electron chi connectivity index (χ0n) is 17.8. The molecule has 0 bridgehead atoms. The fourth-order valence-electron chi connectivity index (χ4n) is 3.38. The van der Waals surface area contributed by atoms with Gasteiger partial charge in [0.1, 0.15) is 11.7 Å². The molecule has 166 valence electrons. The summed E-state index contributed by atoms with van der Waals surface area (Å²) in [5, 5.41) is 9.77. The summed E-state index contributed by atoms with van der Waals surface area (Å²) < 4.78 is 26.7. The van der Waals surface area contributed by atoms with E-state index in [2.05, 4.69) is 5.32 Å². The van der Waals surface area contributed by atoms with Crippen molar-refractivity contribution in [3.63, 3.8) is 0 Å². The molecule has 0 unspecified atom stereocenters. The van der Waals surface area contributed by atoms with Crippen molar-refractivity contribution in [3.05, 3.63) is 89.5 Å². The van der Waals surface area contributed by atoms with E-state index < -0.39 is 11.7 Å². The predicted molar refractivity (Wildman–Crippen MR) is 121 cm³/mol. The Labute approximate surface area is 186 Å². The molecule has 0 aliphatic heterocycles. The molecule has 32 heavy (non-hydrogen) atoms. The van der Waals surface area contributed by atoms with Gasteiger partial charge in [0.05, 0.1) is 6.42 Å². The Balaban J connectivity index is 0.00000141. The van der Waals surface area contributed by atoms with E-state index in [9.17, 15) is 18.4 Å². The maximum absolute atomic E-state index is 13.5. The Kier molecular flexibility index (Phi) is 7.84. The third-order valence-corrected chi connectivity index (χ3v) is 5.16. The fraction of sp³-hybridized carbons (Fsp3) is 0.231. The predicted octanol–water partition coefficient (Wildman–Crippen LogP) is 5.92. The van der Waals surface area contributed by atoms with Crippen molar-refractivity contribution in [1.29, 1.82) is 0 Å². The van der Waals surface area contributed by atoms with Crippen LogP contribution in [-0.2, 0) is 4.79 Å². The molecule has 0 spiro atoms. The molecule has 2 aliphatic rings. The average molecular weight is 437 g/mol. The van der Waals surface area contributed by atoms with Gasteiger partial charge in [0.15, 0.2) is 5.78 Å². The standard InChI is InChI=1S/C25H21F2NO2.CH4O/c26-21-10-1-16(13-22(27)15-21)14-24(29)28-23-11-8-18(9-12-23)17-2-4-19(5-3-17)25(30)20-6-7-20;1-2/h1-5,8-9,11-13,15,20H,6-7,10,14H2,(H,28,29);2H,1H3. The van der Waals surface area contributed by atoms with E-state index >= 15 is 0 Å². The first-order chi connectivity index (χ1) is 15.5. The lowest BCUT2D eigenvalue weighted by Gasteiger charge is -2.08. The van der Waals surface area contributed by atoms with Crippen molar-refractivity contribution in [2.45, 2.75) is 25.7 Å². The summed E-state index contributed by atoms with van der Waals surface area (Å²) in [6.45, 7) is 0. The minimum atomic E-state index is -0.696.